The molecule has 4 N–H and O–H groups in total. The zero-order valence-corrected chi connectivity index (χ0v) is 11.4. The van der Waals surface area contributed by atoms with Gasteiger partial charge in [0.05, 0.1) is 0 Å². The lowest BCUT2D eigenvalue weighted by Gasteiger charge is -2.17. The van der Waals surface area contributed by atoms with Crippen molar-refractivity contribution >= 4 is 5.91 Å². The number of nitrogens with two attached hydrogens (primary N) is 2. The van der Waals surface area contributed by atoms with Crippen LogP contribution in [-0.2, 0) is 17.6 Å². The van der Waals surface area contributed by atoms with Gasteiger partial charge >= 0.3 is 0 Å². The molecule has 0 bridgehead atoms. The van der Waals surface area contributed by atoms with E-state index >= 15 is 0 Å². The van der Waals surface area contributed by atoms with E-state index in [1.807, 2.05) is 0 Å². The Hall–Kier alpha value is -1.35. The molecule has 100 valence electrons. The highest BCUT2D eigenvalue weighted by molar-refractivity contribution is 5.73. The Balaban J connectivity index is 2.75. The van der Waals surface area contributed by atoms with Gasteiger partial charge in [0, 0.05) is 12.5 Å². The number of benzene rings is 1. The summed E-state index contributed by atoms with van der Waals surface area (Å²) in [5.74, 6) is -0.250. The van der Waals surface area contributed by atoms with Crippen molar-refractivity contribution in [2.75, 3.05) is 0 Å². The summed E-state index contributed by atoms with van der Waals surface area (Å²) < 4.78 is 0. The number of amides is 1. The molecule has 0 aliphatic rings. The Labute approximate surface area is 110 Å². The first-order valence-corrected chi connectivity index (χ1v) is 6.74. The van der Waals surface area contributed by atoms with Crippen molar-refractivity contribution in [1.82, 2.24) is 0 Å². The minimum atomic E-state index is -0.250. The van der Waals surface area contributed by atoms with Crippen LogP contribution in [0.25, 0.3) is 0 Å². The van der Waals surface area contributed by atoms with Gasteiger partial charge in [-0.2, -0.15) is 0 Å². The second kappa shape index (κ2) is 7.17. The Morgan fingerprint density at radius 1 is 1.28 bits per heavy atom. The smallest absolute Gasteiger partial charge is 0.217 e. The summed E-state index contributed by atoms with van der Waals surface area (Å²) in [6.07, 6.45) is 4.00. The maximum absolute atomic E-state index is 10.7. The van der Waals surface area contributed by atoms with E-state index in [-0.39, 0.29) is 11.9 Å². The SMILES string of the molecule is CCc1ccc(CC)c(C(N)CCCC(N)=O)c1. The van der Waals surface area contributed by atoms with Crippen molar-refractivity contribution in [2.24, 2.45) is 11.5 Å². The predicted octanol–water partition coefficient (Wildman–Crippen LogP) is 2.47. The summed E-state index contributed by atoms with van der Waals surface area (Å²) in [7, 11) is 0. The van der Waals surface area contributed by atoms with Crippen LogP contribution in [0.3, 0.4) is 0 Å². The molecule has 0 aliphatic carbocycles. The highest BCUT2D eigenvalue weighted by Crippen LogP contribution is 2.23. The van der Waals surface area contributed by atoms with Gasteiger partial charge in [0.2, 0.25) is 5.91 Å². The van der Waals surface area contributed by atoms with Gasteiger partial charge in [-0.05, 0) is 42.4 Å². The lowest BCUT2D eigenvalue weighted by Crippen LogP contribution is -2.15. The summed E-state index contributed by atoms with van der Waals surface area (Å²) in [6.45, 7) is 4.28. The fourth-order valence-corrected chi connectivity index (χ4v) is 2.18. The molecule has 0 saturated carbocycles. The van der Waals surface area contributed by atoms with E-state index in [1.54, 1.807) is 0 Å². The van der Waals surface area contributed by atoms with E-state index in [9.17, 15) is 4.79 Å². The standard InChI is InChI=1S/C15H24N2O/c1-3-11-8-9-12(4-2)13(10-11)14(16)6-5-7-15(17)18/h8-10,14H,3-7,16H2,1-2H3,(H2,17,18). The molecule has 1 amide bonds. The molecule has 0 fully saturated rings. The van der Waals surface area contributed by atoms with Crippen LogP contribution in [0.1, 0.15) is 55.8 Å². The fourth-order valence-electron chi connectivity index (χ4n) is 2.18. The molecule has 1 atom stereocenters. The zero-order valence-electron chi connectivity index (χ0n) is 11.4. The molecule has 0 spiro atoms. The van der Waals surface area contributed by atoms with Crippen molar-refractivity contribution < 1.29 is 4.79 Å². The molecule has 1 unspecified atom stereocenters. The van der Waals surface area contributed by atoms with Crippen LogP contribution in [0.2, 0.25) is 0 Å². The van der Waals surface area contributed by atoms with Crippen LogP contribution >= 0.6 is 0 Å². The van der Waals surface area contributed by atoms with E-state index in [0.717, 1.165) is 25.7 Å². The van der Waals surface area contributed by atoms with E-state index < -0.39 is 0 Å². The number of carbonyl (C=O) groups is 1. The number of primary amides is 1. The molecule has 1 aromatic rings. The number of carbonyl (C=O) groups excluding carboxylic acids is 1. The number of aryl methyl sites for hydroxylation is 2. The molecule has 3 heteroatoms. The minimum Gasteiger partial charge on any atom is -0.370 e. The van der Waals surface area contributed by atoms with Crippen molar-refractivity contribution in [2.45, 2.75) is 52.0 Å². The quantitative estimate of drug-likeness (QED) is 0.778. The number of hydrogen-bond acceptors (Lipinski definition) is 2. The first-order chi connectivity index (χ1) is 8.58. The van der Waals surface area contributed by atoms with E-state index in [4.69, 9.17) is 11.5 Å². The summed E-state index contributed by atoms with van der Waals surface area (Å²) in [6, 6.07) is 6.54. The number of hydrogen-bond donors (Lipinski definition) is 2. The molecule has 0 heterocycles. The third-order valence-electron chi connectivity index (χ3n) is 3.34. The summed E-state index contributed by atoms with van der Waals surface area (Å²) in [5.41, 5.74) is 15.2. The van der Waals surface area contributed by atoms with Gasteiger partial charge in [-0.1, -0.05) is 32.0 Å². The molecule has 18 heavy (non-hydrogen) atoms. The van der Waals surface area contributed by atoms with Crippen LogP contribution in [0, 0.1) is 0 Å². The second-order valence-corrected chi connectivity index (χ2v) is 4.71. The topological polar surface area (TPSA) is 69.1 Å². The van der Waals surface area contributed by atoms with E-state index in [0.29, 0.717) is 6.42 Å². The highest BCUT2D eigenvalue weighted by Gasteiger charge is 2.11. The van der Waals surface area contributed by atoms with Crippen molar-refractivity contribution in [1.29, 1.82) is 0 Å². The molecule has 0 aliphatic heterocycles. The number of rotatable bonds is 7. The average molecular weight is 248 g/mol. The lowest BCUT2D eigenvalue weighted by atomic mass is 9.93. The summed E-state index contributed by atoms with van der Waals surface area (Å²) in [5, 5.41) is 0. The molecular formula is C15H24N2O. The minimum absolute atomic E-state index is 0.00537. The Bertz CT molecular complexity index is 401. The maximum Gasteiger partial charge on any atom is 0.217 e. The van der Waals surface area contributed by atoms with Crippen LogP contribution in [0.5, 0.6) is 0 Å². The largest absolute Gasteiger partial charge is 0.370 e. The van der Waals surface area contributed by atoms with E-state index in [2.05, 4.69) is 32.0 Å². The highest BCUT2D eigenvalue weighted by atomic mass is 16.1. The molecule has 1 aromatic carbocycles. The van der Waals surface area contributed by atoms with Crippen LogP contribution < -0.4 is 11.5 Å². The zero-order chi connectivity index (χ0) is 13.5. The van der Waals surface area contributed by atoms with Gasteiger partial charge in [0.1, 0.15) is 0 Å². The van der Waals surface area contributed by atoms with Gasteiger partial charge in [-0.25, -0.2) is 0 Å². The Kier molecular flexibility index (Phi) is 5.86. The molecule has 3 nitrogen and oxygen atoms in total. The lowest BCUT2D eigenvalue weighted by molar-refractivity contribution is -0.118. The summed E-state index contributed by atoms with van der Waals surface area (Å²) >= 11 is 0. The second-order valence-electron chi connectivity index (χ2n) is 4.71. The molecule has 0 radical (unpaired) electrons. The molecule has 0 saturated heterocycles. The van der Waals surface area contributed by atoms with Crippen molar-refractivity contribution in [3.8, 4) is 0 Å². The van der Waals surface area contributed by atoms with Gasteiger partial charge in [0.25, 0.3) is 0 Å². The summed E-state index contributed by atoms with van der Waals surface area (Å²) in [4.78, 5) is 10.7. The van der Waals surface area contributed by atoms with Crippen LogP contribution in [-0.4, -0.2) is 5.91 Å². The van der Waals surface area contributed by atoms with Gasteiger partial charge in [-0.15, -0.1) is 0 Å². The van der Waals surface area contributed by atoms with Gasteiger partial charge in [-0.3, -0.25) is 4.79 Å². The first-order valence-electron chi connectivity index (χ1n) is 6.74. The van der Waals surface area contributed by atoms with Crippen LogP contribution in [0.15, 0.2) is 18.2 Å². The third-order valence-corrected chi connectivity index (χ3v) is 3.34. The first kappa shape index (κ1) is 14.7. The third kappa shape index (κ3) is 4.15. The van der Waals surface area contributed by atoms with Crippen LogP contribution in [0.4, 0.5) is 0 Å². The maximum atomic E-state index is 10.7. The predicted molar refractivity (Wildman–Crippen MR) is 75.2 cm³/mol. The fraction of sp³-hybridized carbons (Fsp3) is 0.533. The molecular weight excluding hydrogens is 224 g/mol. The monoisotopic (exact) mass is 248 g/mol. The normalized spacial score (nSPS) is 12.4. The van der Waals surface area contributed by atoms with Gasteiger partial charge < -0.3 is 11.5 Å². The van der Waals surface area contributed by atoms with Gasteiger partial charge in [0.15, 0.2) is 0 Å². The Morgan fingerprint density at radius 3 is 2.56 bits per heavy atom. The van der Waals surface area contributed by atoms with E-state index in [1.165, 1.54) is 16.7 Å². The Morgan fingerprint density at radius 2 is 2.00 bits per heavy atom. The van der Waals surface area contributed by atoms with Crippen molar-refractivity contribution in [3.05, 3.63) is 34.9 Å². The molecule has 0 aromatic heterocycles. The molecule has 1 rings (SSSR count). The van der Waals surface area contributed by atoms with Crippen molar-refractivity contribution in [3.63, 3.8) is 0 Å². The average Bonchev–Trinajstić information content (AvgIpc) is 2.37.